The summed E-state index contributed by atoms with van der Waals surface area (Å²) < 4.78 is 0. The fraction of sp³-hybridized carbons (Fsp3) is 0.909. The van der Waals surface area contributed by atoms with Gasteiger partial charge in [0.05, 0.1) is 12.6 Å². The summed E-state index contributed by atoms with van der Waals surface area (Å²) in [4.78, 5) is 15.9. The Balaban J connectivity index is 1.77. The Morgan fingerprint density at radius 1 is 1.31 bits per heavy atom. The normalized spacial score (nSPS) is 28.1. The molecule has 0 aromatic heterocycles. The van der Waals surface area contributed by atoms with Crippen LogP contribution >= 0.6 is 0 Å². The molecule has 92 valence electrons. The number of piperazine rings is 1. The second-order valence-corrected chi connectivity index (χ2v) is 4.66. The summed E-state index contributed by atoms with van der Waals surface area (Å²) in [7, 11) is 0. The fourth-order valence-corrected chi connectivity index (χ4v) is 2.34. The second-order valence-electron chi connectivity index (χ2n) is 4.66. The van der Waals surface area contributed by atoms with Crippen LogP contribution in [0.4, 0.5) is 0 Å². The van der Waals surface area contributed by atoms with Gasteiger partial charge in [0.15, 0.2) is 0 Å². The molecule has 2 rings (SSSR count). The van der Waals surface area contributed by atoms with Crippen LogP contribution in [0.5, 0.6) is 0 Å². The fourth-order valence-electron chi connectivity index (χ4n) is 2.34. The number of aliphatic hydroxyl groups excluding tert-OH is 1. The molecule has 5 heteroatoms. The van der Waals surface area contributed by atoms with Crippen molar-refractivity contribution in [1.82, 2.24) is 15.1 Å². The first-order valence-electron chi connectivity index (χ1n) is 6.14. The van der Waals surface area contributed by atoms with Crippen molar-refractivity contribution in [1.29, 1.82) is 0 Å². The van der Waals surface area contributed by atoms with Gasteiger partial charge in [-0.1, -0.05) is 0 Å². The van der Waals surface area contributed by atoms with Crippen LogP contribution in [0.2, 0.25) is 0 Å². The maximum Gasteiger partial charge on any atom is 0.236 e. The first-order chi connectivity index (χ1) is 7.75. The van der Waals surface area contributed by atoms with E-state index in [0.29, 0.717) is 13.1 Å². The lowest BCUT2D eigenvalue weighted by molar-refractivity contribution is -0.135. The molecule has 5 nitrogen and oxygen atoms in total. The smallest absolute Gasteiger partial charge is 0.236 e. The van der Waals surface area contributed by atoms with Crippen molar-refractivity contribution in [3.05, 3.63) is 0 Å². The van der Waals surface area contributed by atoms with E-state index >= 15 is 0 Å². The number of hydrogen-bond donors (Lipinski definition) is 2. The largest absolute Gasteiger partial charge is 0.391 e. The maximum atomic E-state index is 12.0. The van der Waals surface area contributed by atoms with Gasteiger partial charge in [-0.05, 0) is 12.8 Å². The molecule has 2 fully saturated rings. The van der Waals surface area contributed by atoms with Crippen molar-refractivity contribution >= 4 is 5.91 Å². The predicted molar refractivity (Wildman–Crippen MR) is 61.1 cm³/mol. The number of carbonyl (C=O) groups is 1. The van der Waals surface area contributed by atoms with Crippen LogP contribution in [-0.2, 0) is 4.79 Å². The molecule has 2 N–H and O–H groups in total. The highest BCUT2D eigenvalue weighted by Gasteiger charge is 2.23. The van der Waals surface area contributed by atoms with Crippen LogP contribution in [0.3, 0.4) is 0 Å². The summed E-state index contributed by atoms with van der Waals surface area (Å²) in [6, 6.07) is 0. The van der Waals surface area contributed by atoms with E-state index in [1.807, 2.05) is 0 Å². The minimum Gasteiger partial charge on any atom is -0.391 e. The number of aliphatic hydroxyl groups is 1. The predicted octanol–water partition coefficient (Wildman–Crippen LogP) is -1.13. The number of nitrogens with one attached hydrogen (secondary N) is 1. The van der Waals surface area contributed by atoms with Gasteiger partial charge in [0.25, 0.3) is 0 Å². The highest BCUT2D eigenvalue weighted by atomic mass is 16.3. The van der Waals surface area contributed by atoms with Crippen LogP contribution in [0, 0.1) is 0 Å². The number of β-amino-alcohol motifs (C(OH)–C–C–N with tert-alkyl or cyclic N) is 1. The van der Waals surface area contributed by atoms with Crippen LogP contribution in [0.1, 0.15) is 12.8 Å². The molecule has 16 heavy (non-hydrogen) atoms. The number of piperidine rings is 1. The van der Waals surface area contributed by atoms with Gasteiger partial charge >= 0.3 is 0 Å². The molecule has 0 saturated carbocycles. The Labute approximate surface area is 96.4 Å². The number of nitrogens with zero attached hydrogens (tertiary/aromatic N) is 2. The summed E-state index contributed by atoms with van der Waals surface area (Å²) in [5, 5.41) is 12.8. The quantitative estimate of drug-likeness (QED) is 0.627. The molecule has 0 aliphatic carbocycles. The number of likely N-dealkylation sites (tertiary alicyclic amines) is 1. The standard InChI is InChI=1S/C11H21N3O2/c15-10-2-1-5-14(8-10)11(16)9-13-6-3-12-4-7-13/h10,12,15H,1-9H2. The first-order valence-corrected chi connectivity index (χ1v) is 6.14. The Hall–Kier alpha value is -0.650. The number of carbonyl (C=O) groups excluding carboxylic acids is 1. The summed E-state index contributed by atoms with van der Waals surface area (Å²) in [5.41, 5.74) is 0. The Morgan fingerprint density at radius 2 is 2.06 bits per heavy atom. The molecule has 2 aliphatic rings. The molecule has 1 unspecified atom stereocenters. The summed E-state index contributed by atoms with van der Waals surface area (Å²) >= 11 is 0. The zero-order valence-electron chi connectivity index (χ0n) is 9.69. The highest BCUT2D eigenvalue weighted by Crippen LogP contribution is 2.10. The molecule has 2 heterocycles. The van der Waals surface area contributed by atoms with E-state index in [4.69, 9.17) is 0 Å². The molecule has 2 saturated heterocycles. The van der Waals surface area contributed by atoms with Crippen LogP contribution in [0.15, 0.2) is 0 Å². The molecule has 0 bridgehead atoms. The third-order valence-electron chi connectivity index (χ3n) is 3.32. The maximum absolute atomic E-state index is 12.0. The lowest BCUT2D eigenvalue weighted by atomic mass is 10.1. The van der Waals surface area contributed by atoms with Crippen LogP contribution < -0.4 is 5.32 Å². The van der Waals surface area contributed by atoms with E-state index in [2.05, 4.69) is 10.2 Å². The molecule has 1 atom stereocenters. The van der Waals surface area contributed by atoms with Crippen molar-refractivity contribution in [2.45, 2.75) is 18.9 Å². The highest BCUT2D eigenvalue weighted by molar-refractivity contribution is 5.78. The first kappa shape index (κ1) is 11.8. The SMILES string of the molecule is O=C(CN1CCNCC1)N1CCCC(O)C1. The molecule has 1 amide bonds. The molecular formula is C11H21N3O2. The van der Waals surface area contributed by atoms with Crippen molar-refractivity contribution in [3.8, 4) is 0 Å². The summed E-state index contributed by atoms with van der Waals surface area (Å²) in [6.07, 6.45) is 1.44. The Bertz CT molecular complexity index is 241. The molecular weight excluding hydrogens is 206 g/mol. The second kappa shape index (κ2) is 5.61. The lowest BCUT2D eigenvalue weighted by Gasteiger charge is -2.33. The third-order valence-corrected chi connectivity index (χ3v) is 3.32. The van der Waals surface area contributed by atoms with Crippen LogP contribution in [-0.4, -0.2) is 72.7 Å². The molecule has 0 aromatic rings. The average Bonchev–Trinajstić information content (AvgIpc) is 2.30. The minimum absolute atomic E-state index is 0.167. The van der Waals surface area contributed by atoms with Gasteiger partial charge in [0.1, 0.15) is 0 Å². The minimum atomic E-state index is -0.319. The van der Waals surface area contributed by atoms with Crippen molar-refractivity contribution in [2.24, 2.45) is 0 Å². The molecule has 0 spiro atoms. The average molecular weight is 227 g/mol. The number of amides is 1. The summed E-state index contributed by atoms with van der Waals surface area (Å²) in [5.74, 6) is 0.167. The number of rotatable bonds is 2. The monoisotopic (exact) mass is 227 g/mol. The zero-order chi connectivity index (χ0) is 11.4. The van der Waals surface area contributed by atoms with Gasteiger partial charge in [0, 0.05) is 39.3 Å². The zero-order valence-corrected chi connectivity index (χ0v) is 9.69. The summed E-state index contributed by atoms with van der Waals surface area (Å²) in [6.45, 7) is 5.66. The molecule has 2 aliphatic heterocycles. The van der Waals surface area contributed by atoms with Gasteiger partial charge in [-0.3, -0.25) is 9.69 Å². The van der Waals surface area contributed by atoms with Gasteiger partial charge < -0.3 is 15.3 Å². The van der Waals surface area contributed by atoms with Gasteiger partial charge in [-0.2, -0.15) is 0 Å². The molecule has 0 radical (unpaired) electrons. The Kier molecular flexibility index (Phi) is 4.15. The van der Waals surface area contributed by atoms with Crippen molar-refractivity contribution < 1.29 is 9.90 Å². The van der Waals surface area contributed by atoms with E-state index in [1.165, 1.54) is 0 Å². The Morgan fingerprint density at radius 3 is 2.75 bits per heavy atom. The van der Waals surface area contributed by atoms with E-state index < -0.39 is 0 Å². The van der Waals surface area contributed by atoms with Crippen molar-refractivity contribution in [3.63, 3.8) is 0 Å². The van der Waals surface area contributed by atoms with Crippen molar-refractivity contribution in [2.75, 3.05) is 45.8 Å². The third kappa shape index (κ3) is 3.17. The van der Waals surface area contributed by atoms with Crippen LogP contribution in [0.25, 0.3) is 0 Å². The van der Waals surface area contributed by atoms with E-state index in [-0.39, 0.29) is 12.0 Å². The van der Waals surface area contributed by atoms with E-state index in [9.17, 15) is 9.90 Å². The lowest BCUT2D eigenvalue weighted by Crippen LogP contribution is -2.50. The number of hydrogen-bond acceptors (Lipinski definition) is 4. The topological polar surface area (TPSA) is 55.8 Å². The van der Waals surface area contributed by atoms with Gasteiger partial charge in [0.2, 0.25) is 5.91 Å². The molecule has 0 aromatic carbocycles. The van der Waals surface area contributed by atoms with E-state index in [1.54, 1.807) is 4.90 Å². The van der Waals surface area contributed by atoms with E-state index in [0.717, 1.165) is 45.6 Å². The van der Waals surface area contributed by atoms with Gasteiger partial charge in [-0.15, -0.1) is 0 Å². The van der Waals surface area contributed by atoms with Gasteiger partial charge in [-0.25, -0.2) is 0 Å².